The van der Waals surface area contributed by atoms with Crippen molar-refractivity contribution in [3.8, 4) is 0 Å². The Balaban J connectivity index is 1.57. The van der Waals surface area contributed by atoms with Crippen molar-refractivity contribution >= 4 is 46.3 Å². The van der Waals surface area contributed by atoms with Crippen LogP contribution in [0, 0.1) is 20.8 Å². The van der Waals surface area contributed by atoms with E-state index in [0.29, 0.717) is 22.6 Å². The zero-order chi connectivity index (χ0) is 27.2. The lowest BCUT2D eigenvalue weighted by atomic mass is 9.78. The van der Waals surface area contributed by atoms with E-state index in [9.17, 15) is 14.4 Å². The summed E-state index contributed by atoms with van der Waals surface area (Å²) < 4.78 is 0. The van der Waals surface area contributed by atoms with E-state index in [1.165, 1.54) is 11.3 Å². The molecule has 1 unspecified atom stereocenters. The number of carbonyl (C=O) groups is 3. The smallest absolute Gasteiger partial charge is 0.294 e. The van der Waals surface area contributed by atoms with Gasteiger partial charge in [0, 0.05) is 23.0 Å². The monoisotopic (exact) mass is 519 g/mol. The Bertz CT molecular complexity index is 1310. The topological polar surface area (TPSA) is 69.7 Å². The van der Waals surface area contributed by atoms with Gasteiger partial charge in [0.1, 0.15) is 6.54 Å². The first-order valence-electron chi connectivity index (χ1n) is 12.8. The largest absolute Gasteiger partial charge is 0.364 e. The molecule has 2 aliphatic rings. The summed E-state index contributed by atoms with van der Waals surface area (Å²) >= 11 is 0.890. The van der Waals surface area contributed by atoms with Crippen LogP contribution in [0.25, 0.3) is 6.08 Å². The Kier molecular flexibility index (Phi) is 7.30. The van der Waals surface area contributed by atoms with Crippen LogP contribution in [0.1, 0.15) is 74.8 Å². The minimum Gasteiger partial charge on any atom is -0.364 e. The molecule has 2 heterocycles. The average Bonchev–Trinajstić information content (AvgIpc) is 3.03. The molecule has 196 valence electrons. The quantitative estimate of drug-likeness (QED) is 0.441. The Morgan fingerprint density at radius 1 is 1.14 bits per heavy atom. The van der Waals surface area contributed by atoms with Crippen molar-refractivity contribution in [2.45, 2.75) is 79.3 Å². The highest BCUT2D eigenvalue weighted by molar-refractivity contribution is 8.18. The molecule has 0 saturated carbocycles. The summed E-state index contributed by atoms with van der Waals surface area (Å²) in [6, 6.07) is 10.5. The number of anilines is 2. The second-order valence-electron chi connectivity index (χ2n) is 11.3. The van der Waals surface area contributed by atoms with Gasteiger partial charge in [0.25, 0.3) is 11.1 Å². The Hall–Kier alpha value is -3.06. The standard InChI is InChI=1S/C30H37N3O3S/c1-17(2)33-25-12-19(4)22(13-23(25)21(6)15-30(33,7)8)14-26-28(35)32(29(36)37-26)16-27(34)31-24-10-9-18(3)11-20(24)5/h9-14,17,21H,15-16H2,1-8H3,(H,31,34)/b26-14-. The zero-order valence-electron chi connectivity index (χ0n) is 23.1. The first-order valence-corrected chi connectivity index (χ1v) is 13.7. The average molecular weight is 520 g/mol. The van der Waals surface area contributed by atoms with Gasteiger partial charge in [-0.05, 0) is 119 Å². The zero-order valence-corrected chi connectivity index (χ0v) is 23.9. The van der Waals surface area contributed by atoms with Gasteiger partial charge in [0.05, 0.1) is 4.91 Å². The van der Waals surface area contributed by atoms with Gasteiger partial charge in [-0.2, -0.15) is 0 Å². The molecule has 37 heavy (non-hydrogen) atoms. The predicted molar refractivity (Wildman–Crippen MR) is 153 cm³/mol. The summed E-state index contributed by atoms with van der Waals surface area (Å²) in [4.78, 5) is 42.3. The maximum Gasteiger partial charge on any atom is 0.294 e. The first-order chi connectivity index (χ1) is 17.3. The van der Waals surface area contributed by atoms with Crippen molar-refractivity contribution in [1.82, 2.24) is 4.90 Å². The van der Waals surface area contributed by atoms with Gasteiger partial charge in [0.2, 0.25) is 5.91 Å². The summed E-state index contributed by atoms with van der Waals surface area (Å²) in [7, 11) is 0. The SMILES string of the molecule is Cc1ccc(NC(=O)CN2C(=O)S/C(=C\c3cc4c(cc3C)N(C(C)C)C(C)(C)CC4C)C2=O)c(C)c1. The molecule has 4 rings (SSSR count). The fourth-order valence-electron chi connectivity index (χ4n) is 5.81. The highest BCUT2D eigenvalue weighted by Crippen LogP contribution is 2.46. The number of fused-ring (bicyclic) bond motifs is 1. The van der Waals surface area contributed by atoms with Crippen molar-refractivity contribution in [3.63, 3.8) is 0 Å². The van der Waals surface area contributed by atoms with Crippen LogP contribution in [0.3, 0.4) is 0 Å². The molecular formula is C30H37N3O3S. The number of hydrogen-bond donors (Lipinski definition) is 1. The number of hydrogen-bond acceptors (Lipinski definition) is 5. The van der Waals surface area contributed by atoms with Gasteiger partial charge in [0.15, 0.2) is 0 Å². The summed E-state index contributed by atoms with van der Waals surface area (Å²) in [5.41, 5.74) is 7.23. The highest BCUT2D eigenvalue weighted by Gasteiger charge is 2.39. The van der Waals surface area contributed by atoms with Crippen molar-refractivity contribution in [3.05, 3.63) is 63.1 Å². The maximum absolute atomic E-state index is 13.1. The molecule has 2 aromatic rings. The second-order valence-corrected chi connectivity index (χ2v) is 12.3. The van der Waals surface area contributed by atoms with Crippen molar-refractivity contribution in [2.24, 2.45) is 0 Å². The molecule has 1 atom stereocenters. The van der Waals surface area contributed by atoms with Crippen LogP contribution >= 0.6 is 11.8 Å². The summed E-state index contributed by atoms with van der Waals surface area (Å²) in [6.07, 6.45) is 2.83. The third-order valence-corrected chi connectivity index (χ3v) is 8.21. The normalized spacial score (nSPS) is 20.1. The third kappa shape index (κ3) is 5.33. The van der Waals surface area contributed by atoms with E-state index >= 15 is 0 Å². The second kappa shape index (κ2) is 10.0. The molecule has 2 aliphatic heterocycles. The minimum absolute atomic E-state index is 0.0505. The lowest BCUT2D eigenvalue weighted by Crippen LogP contribution is -2.51. The summed E-state index contributed by atoms with van der Waals surface area (Å²) in [5.74, 6) is -0.455. The van der Waals surface area contributed by atoms with E-state index in [-0.39, 0.29) is 12.1 Å². The molecule has 1 fully saturated rings. The summed E-state index contributed by atoms with van der Waals surface area (Å²) in [5, 5.41) is 2.39. The lowest BCUT2D eigenvalue weighted by molar-refractivity contribution is -0.127. The van der Waals surface area contributed by atoms with Crippen LogP contribution in [-0.2, 0) is 9.59 Å². The van der Waals surface area contributed by atoms with Crippen LogP contribution in [0.5, 0.6) is 0 Å². The van der Waals surface area contributed by atoms with Crippen molar-refractivity contribution in [1.29, 1.82) is 0 Å². The molecule has 1 saturated heterocycles. The number of aryl methyl sites for hydroxylation is 3. The van der Waals surface area contributed by atoms with Gasteiger partial charge >= 0.3 is 0 Å². The van der Waals surface area contributed by atoms with E-state index in [1.807, 2.05) is 39.0 Å². The first kappa shape index (κ1) is 27.0. The molecule has 0 spiro atoms. The fourth-order valence-corrected chi connectivity index (χ4v) is 6.64. The van der Waals surface area contributed by atoms with Gasteiger partial charge in [-0.25, -0.2) is 0 Å². The number of nitrogens with zero attached hydrogens (tertiary/aromatic N) is 2. The van der Waals surface area contributed by atoms with Gasteiger partial charge < -0.3 is 10.2 Å². The molecule has 6 nitrogen and oxygen atoms in total. The molecule has 3 amide bonds. The molecule has 7 heteroatoms. The van der Waals surface area contributed by atoms with Crippen LogP contribution in [-0.4, -0.2) is 40.1 Å². The number of carbonyl (C=O) groups excluding carboxylic acids is 3. The van der Waals surface area contributed by atoms with Gasteiger partial charge in [-0.15, -0.1) is 0 Å². The third-order valence-electron chi connectivity index (χ3n) is 7.30. The van der Waals surface area contributed by atoms with Gasteiger partial charge in [-0.1, -0.05) is 24.6 Å². The number of benzene rings is 2. The lowest BCUT2D eigenvalue weighted by Gasteiger charge is -2.50. The summed E-state index contributed by atoms with van der Waals surface area (Å²) in [6.45, 7) is 16.9. The van der Waals surface area contributed by atoms with Crippen molar-refractivity contribution < 1.29 is 14.4 Å². The minimum atomic E-state index is -0.430. The van der Waals surface area contributed by atoms with E-state index in [2.05, 4.69) is 57.0 Å². The van der Waals surface area contributed by atoms with E-state index in [0.717, 1.165) is 45.3 Å². The Morgan fingerprint density at radius 3 is 2.49 bits per heavy atom. The molecule has 0 aliphatic carbocycles. The van der Waals surface area contributed by atoms with Gasteiger partial charge in [-0.3, -0.25) is 19.3 Å². The van der Waals surface area contributed by atoms with Crippen LogP contribution in [0.2, 0.25) is 0 Å². The van der Waals surface area contributed by atoms with Crippen LogP contribution in [0.4, 0.5) is 16.2 Å². The van der Waals surface area contributed by atoms with E-state index in [1.54, 1.807) is 6.08 Å². The maximum atomic E-state index is 13.1. The van der Waals surface area contributed by atoms with Crippen LogP contribution < -0.4 is 10.2 Å². The number of imide groups is 1. The van der Waals surface area contributed by atoms with E-state index in [4.69, 9.17) is 0 Å². The molecule has 0 bridgehead atoms. The number of rotatable bonds is 5. The number of nitrogens with one attached hydrogen (secondary N) is 1. The molecule has 2 aromatic carbocycles. The Morgan fingerprint density at radius 2 is 1.84 bits per heavy atom. The molecule has 1 N–H and O–H groups in total. The predicted octanol–water partition coefficient (Wildman–Crippen LogP) is 6.79. The number of thioether (sulfide) groups is 1. The van der Waals surface area contributed by atoms with Crippen LogP contribution in [0.15, 0.2) is 35.2 Å². The Labute approximate surface area is 224 Å². The molecular weight excluding hydrogens is 482 g/mol. The molecule has 0 radical (unpaired) electrons. The van der Waals surface area contributed by atoms with Crippen molar-refractivity contribution in [2.75, 3.05) is 16.8 Å². The number of amides is 3. The molecule has 0 aromatic heterocycles. The van der Waals surface area contributed by atoms with E-state index < -0.39 is 17.1 Å². The fraction of sp³-hybridized carbons (Fsp3) is 0.433. The highest BCUT2D eigenvalue weighted by atomic mass is 32.2.